The standard InChI is InChI=1S/C32H42N2O4/c1-31(2,38)23-11-21(12-24(16-23)32(3)7-8-32)26-17-28(29(35)33-25-13-22(14-25)30(36)37)34(4)27(26)15-20-10-18-5-6-19(20)9-18/h11-12,16-20,22,25,38H,5-10,13-15H2,1-4H3,(H,33,35)(H,36,37). The van der Waals surface area contributed by atoms with Crippen LogP contribution in [0.25, 0.3) is 11.1 Å². The summed E-state index contributed by atoms with van der Waals surface area (Å²) < 4.78 is 2.08. The first-order valence-electron chi connectivity index (χ1n) is 14.5. The van der Waals surface area contributed by atoms with Gasteiger partial charge >= 0.3 is 5.97 Å². The van der Waals surface area contributed by atoms with E-state index in [0.717, 1.165) is 47.8 Å². The highest BCUT2D eigenvalue weighted by atomic mass is 16.4. The van der Waals surface area contributed by atoms with Crippen molar-refractivity contribution in [1.82, 2.24) is 9.88 Å². The van der Waals surface area contributed by atoms with Crippen LogP contribution in [0.4, 0.5) is 0 Å². The maximum Gasteiger partial charge on any atom is 0.306 e. The fourth-order valence-electron chi connectivity index (χ4n) is 7.39. The molecule has 3 atom stereocenters. The third-order valence-electron chi connectivity index (χ3n) is 10.4. The molecule has 4 aliphatic rings. The fourth-order valence-corrected chi connectivity index (χ4v) is 7.39. The molecule has 6 rings (SSSR count). The van der Waals surface area contributed by atoms with Gasteiger partial charge in [0.05, 0.1) is 11.5 Å². The number of rotatable bonds is 8. The molecule has 1 amide bonds. The summed E-state index contributed by atoms with van der Waals surface area (Å²) in [4.78, 5) is 24.7. The molecule has 1 aromatic heterocycles. The highest BCUT2D eigenvalue weighted by molar-refractivity contribution is 5.95. The highest BCUT2D eigenvalue weighted by Gasteiger charge is 2.42. The third-order valence-corrected chi connectivity index (χ3v) is 10.4. The van der Waals surface area contributed by atoms with Crippen LogP contribution in [-0.4, -0.2) is 32.7 Å². The van der Waals surface area contributed by atoms with Crippen LogP contribution in [0.15, 0.2) is 24.3 Å². The van der Waals surface area contributed by atoms with Crippen LogP contribution in [0.3, 0.4) is 0 Å². The van der Waals surface area contributed by atoms with Gasteiger partial charge in [-0.2, -0.15) is 0 Å². The molecule has 0 aliphatic heterocycles. The minimum Gasteiger partial charge on any atom is -0.481 e. The second-order valence-corrected chi connectivity index (χ2v) is 13.7. The molecule has 0 saturated heterocycles. The summed E-state index contributed by atoms with van der Waals surface area (Å²) in [5.74, 6) is 1.03. The molecule has 0 spiro atoms. The van der Waals surface area contributed by atoms with Gasteiger partial charge in [-0.25, -0.2) is 0 Å². The zero-order valence-corrected chi connectivity index (χ0v) is 23.2. The van der Waals surface area contributed by atoms with Gasteiger partial charge in [-0.05, 0) is 117 Å². The maximum atomic E-state index is 13.4. The first-order valence-corrected chi connectivity index (χ1v) is 14.5. The van der Waals surface area contributed by atoms with Gasteiger partial charge in [-0.1, -0.05) is 25.5 Å². The number of amides is 1. The number of fused-ring (bicyclic) bond motifs is 2. The summed E-state index contributed by atoms with van der Waals surface area (Å²) in [5, 5.41) is 23.3. The van der Waals surface area contributed by atoms with Crippen molar-refractivity contribution in [2.45, 2.75) is 95.6 Å². The van der Waals surface area contributed by atoms with Crippen molar-refractivity contribution in [3.05, 3.63) is 46.8 Å². The first-order chi connectivity index (χ1) is 17.9. The average Bonchev–Trinajstić information content (AvgIpc) is 3.15. The van der Waals surface area contributed by atoms with Crippen LogP contribution < -0.4 is 5.32 Å². The zero-order chi connectivity index (χ0) is 27.0. The number of hydrogen-bond acceptors (Lipinski definition) is 3. The van der Waals surface area contributed by atoms with E-state index in [9.17, 15) is 19.8 Å². The smallest absolute Gasteiger partial charge is 0.306 e. The Hall–Kier alpha value is -2.60. The number of carbonyl (C=O) groups excluding carboxylic acids is 1. The van der Waals surface area contributed by atoms with E-state index in [1.165, 1.54) is 36.9 Å². The molecule has 6 heteroatoms. The lowest BCUT2D eigenvalue weighted by molar-refractivity contribution is -0.145. The van der Waals surface area contributed by atoms with Gasteiger partial charge < -0.3 is 20.1 Å². The number of carbonyl (C=O) groups is 2. The number of aliphatic hydroxyl groups is 1. The molecule has 3 unspecified atom stereocenters. The van der Waals surface area contributed by atoms with E-state index in [1.807, 2.05) is 27.0 Å². The van der Waals surface area contributed by atoms with Crippen LogP contribution in [-0.2, 0) is 29.3 Å². The van der Waals surface area contributed by atoms with Gasteiger partial charge in [-0.3, -0.25) is 9.59 Å². The number of carboxylic acids is 1. The van der Waals surface area contributed by atoms with Gasteiger partial charge in [0.1, 0.15) is 5.69 Å². The minimum absolute atomic E-state index is 0.0871. The predicted octanol–water partition coefficient (Wildman–Crippen LogP) is 5.54. The van der Waals surface area contributed by atoms with E-state index >= 15 is 0 Å². The monoisotopic (exact) mass is 518 g/mol. The lowest BCUT2D eigenvalue weighted by atomic mass is 9.80. The van der Waals surface area contributed by atoms with Crippen LogP contribution >= 0.6 is 0 Å². The first kappa shape index (κ1) is 25.7. The Kier molecular flexibility index (Phi) is 6.06. The van der Waals surface area contributed by atoms with E-state index < -0.39 is 11.6 Å². The lowest BCUT2D eigenvalue weighted by Gasteiger charge is -2.32. The van der Waals surface area contributed by atoms with Crippen molar-refractivity contribution >= 4 is 11.9 Å². The minimum atomic E-state index is -0.958. The molecule has 4 fully saturated rings. The Morgan fingerprint density at radius 1 is 1.08 bits per heavy atom. The predicted molar refractivity (Wildman–Crippen MR) is 147 cm³/mol. The van der Waals surface area contributed by atoms with E-state index in [0.29, 0.717) is 24.5 Å². The largest absolute Gasteiger partial charge is 0.481 e. The molecule has 2 aromatic rings. The third kappa shape index (κ3) is 4.59. The number of hydrogen-bond donors (Lipinski definition) is 3. The number of carboxylic acid groups (broad SMARTS) is 1. The Morgan fingerprint density at radius 3 is 2.39 bits per heavy atom. The van der Waals surface area contributed by atoms with E-state index in [4.69, 9.17) is 0 Å². The summed E-state index contributed by atoms with van der Waals surface area (Å²) in [7, 11) is 2.00. The molecule has 0 radical (unpaired) electrons. The molecule has 3 N–H and O–H groups in total. The molecule has 1 aromatic carbocycles. The molecule has 6 nitrogen and oxygen atoms in total. The van der Waals surface area contributed by atoms with Gasteiger partial charge in [-0.15, -0.1) is 0 Å². The zero-order valence-electron chi connectivity index (χ0n) is 23.2. The number of aliphatic carboxylic acids is 1. The van der Waals surface area contributed by atoms with Crippen molar-refractivity contribution < 1.29 is 19.8 Å². The van der Waals surface area contributed by atoms with Gasteiger partial charge in [0.15, 0.2) is 0 Å². The second kappa shape index (κ2) is 8.97. The Bertz CT molecular complexity index is 1250. The molecular weight excluding hydrogens is 476 g/mol. The van der Waals surface area contributed by atoms with Gasteiger partial charge in [0.2, 0.25) is 0 Å². The van der Waals surface area contributed by atoms with E-state index in [2.05, 4.69) is 35.0 Å². The van der Waals surface area contributed by atoms with Crippen molar-refractivity contribution in [2.24, 2.45) is 30.7 Å². The van der Waals surface area contributed by atoms with Crippen molar-refractivity contribution in [3.8, 4) is 11.1 Å². The number of aromatic nitrogens is 1. The molecular formula is C32H42N2O4. The quantitative estimate of drug-likeness (QED) is 0.428. The van der Waals surface area contributed by atoms with Crippen LogP contribution in [0.2, 0.25) is 0 Å². The molecule has 204 valence electrons. The van der Waals surface area contributed by atoms with Gasteiger partial charge in [0, 0.05) is 24.3 Å². The van der Waals surface area contributed by atoms with Crippen molar-refractivity contribution in [2.75, 3.05) is 0 Å². The second-order valence-electron chi connectivity index (χ2n) is 13.7. The molecule has 1 heterocycles. The SMILES string of the molecule is Cn1c(C(=O)NC2CC(C(=O)O)C2)cc(-c2cc(C(C)(C)O)cc(C3(C)CC3)c2)c1CC1CC2CCC1C2. The fraction of sp³-hybridized carbons (Fsp3) is 0.625. The Morgan fingerprint density at radius 2 is 1.82 bits per heavy atom. The molecule has 4 saturated carbocycles. The molecule has 2 bridgehead atoms. The van der Waals surface area contributed by atoms with E-state index in [-0.39, 0.29) is 23.3 Å². The van der Waals surface area contributed by atoms with Crippen LogP contribution in [0, 0.1) is 23.7 Å². The Labute approximate surface area is 225 Å². The summed E-state index contributed by atoms with van der Waals surface area (Å²) in [5.41, 5.74) is 5.37. The van der Waals surface area contributed by atoms with E-state index in [1.54, 1.807) is 0 Å². The summed E-state index contributed by atoms with van der Waals surface area (Å²) >= 11 is 0. The molecule has 4 aliphatic carbocycles. The highest BCUT2D eigenvalue weighted by Crippen LogP contribution is 2.51. The van der Waals surface area contributed by atoms with Gasteiger partial charge in [0.25, 0.3) is 5.91 Å². The lowest BCUT2D eigenvalue weighted by Crippen LogP contribution is -2.47. The maximum absolute atomic E-state index is 13.4. The summed E-state index contributed by atoms with van der Waals surface area (Å²) in [6.07, 6.45) is 9.57. The number of nitrogens with one attached hydrogen (secondary N) is 1. The topological polar surface area (TPSA) is 91.6 Å². The average molecular weight is 519 g/mol. The van der Waals surface area contributed by atoms with Crippen LogP contribution in [0.5, 0.6) is 0 Å². The summed E-state index contributed by atoms with van der Waals surface area (Å²) in [6, 6.07) is 8.51. The van der Waals surface area contributed by atoms with Crippen molar-refractivity contribution in [3.63, 3.8) is 0 Å². The van der Waals surface area contributed by atoms with Crippen LogP contribution in [0.1, 0.15) is 99.4 Å². The number of nitrogens with zero attached hydrogens (tertiary/aromatic N) is 1. The normalized spacial score (nSPS) is 29.2. The van der Waals surface area contributed by atoms with Crippen molar-refractivity contribution in [1.29, 1.82) is 0 Å². The number of benzene rings is 1. The Balaban J connectivity index is 1.38. The molecule has 38 heavy (non-hydrogen) atoms. The summed E-state index contributed by atoms with van der Waals surface area (Å²) in [6.45, 7) is 5.98.